The van der Waals surface area contributed by atoms with E-state index in [-0.39, 0.29) is 28.8 Å². The van der Waals surface area contributed by atoms with E-state index in [1.165, 1.54) is 19.1 Å². The number of carbonyl (C=O) groups is 1. The lowest BCUT2D eigenvalue weighted by atomic mass is 9.97. The van der Waals surface area contributed by atoms with Crippen LogP contribution in [0, 0.1) is 24.1 Å². The van der Waals surface area contributed by atoms with Crippen LogP contribution in [0.4, 0.5) is 4.39 Å². The molecule has 0 aliphatic heterocycles. The average molecular weight is 397 g/mol. The van der Waals surface area contributed by atoms with Gasteiger partial charge in [-0.3, -0.25) is 14.2 Å². The van der Waals surface area contributed by atoms with Crippen LogP contribution in [0.5, 0.6) is 5.88 Å². The largest absolute Gasteiger partial charge is 0.494 e. The molecule has 3 rings (SSSR count). The SMILES string of the molecule is Cc1c(C(=O)c2ccc(F)cc2)c(O)n(Cc2ccccc2Cl)c(=O)c1C#N. The molecule has 0 bridgehead atoms. The number of ketones is 1. The van der Waals surface area contributed by atoms with Gasteiger partial charge in [0.2, 0.25) is 5.88 Å². The fraction of sp³-hybridized carbons (Fsp3) is 0.0952. The summed E-state index contributed by atoms with van der Waals surface area (Å²) in [7, 11) is 0. The smallest absolute Gasteiger partial charge is 0.271 e. The first-order valence-corrected chi connectivity index (χ1v) is 8.63. The highest BCUT2D eigenvalue weighted by Crippen LogP contribution is 2.26. The lowest BCUT2D eigenvalue weighted by Gasteiger charge is -2.16. The van der Waals surface area contributed by atoms with Gasteiger partial charge in [-0.25, -0.2) is 4.39 Å². The number of rotatable bonds is 4. The molecule has 0 saturated heterocycles. The Balaban J connectivity index is 2.22. The molecule has 2 aromatic carbocycles. The number of carbonyl (C=O) groups excluding carboxylic acids is 1. The van der Waals surface area contributed by atoms with E-state index >= 15 is 0 Å². The highest BCUT2D eigenvalue weighted by atomic mass is 35.5. The Morgan fingerprint density at radius 2 is 1.86 bits per heavy atom. The molecule has 0 amide bonds. The van der Waals surface area contributed by atoms with Crippen molar-refractivity contribution in [3.05, 3.63) is 97.5 Å². The first-order chi connectivity index (χ1) is 13.3. The van der Waals surface area contributed by atoms with Gasteiger partial charge in [-0.05, 0) is 48.4 Å². The molecular formula is C21H14ClFN2O3. The second-order valence-corrected chi connectivity index (χ2v) is 6.54. The third kappa shape index (κ3) is 3.40. The lowest BCUT2D eigenvalue weighted by molar-refractivity contribution is 0.103. The molecule has 0 aliphatic carbocycles. The molecule has 3 aromatic rings. The minimum Gasteiger partial charge on any atom is -0.494 e. The molecule has 28 heavy (non-hydrogen) atoms. The van der Waals surface area contributed by atoms with Crippen LogP contribution in [0.1, 0.15) is 32.6 Å². The Morgan fingerprint density at radius 3 is 2.46 bits per heavy atom. The Labute approximate surface area is 164 Å². The van der Waals surface area contributed by atoms with Crippen LogP contribution in [0.15, 0.2) is 53.3 Å². The molecule has 0 fully saturated rings. The van der Waals surface area contributed by atoms with Crippen molar-refractivity contribution in [3.63, 3.8) is 0 Å². The van der Waals surface area contributed by atoms with Gasteiger partial charge in [0.1, 0.15) is 17.4 Å². The zero-order valence-electron chi connectivity index (χ0n) is 14.7. The van der Waals surface area contributed by atoms with Crippen LogP contribution in [0.2, 0.25) is 5.02 Å². The lowest BCUT2D eigenvalue weighted by Crippen LogP contribution is -2.27. The molecule has 1 N–H and O–H groups in total. The number of benzene rings is 2. The van der Waals surface area contributed by atoms with Crippen molar-refractivity contribution < 1.29 is 14.3 Å². The van der Waals surface area contributed by atoms with E-state index in [0.717, 1.165) is 16.7 Å². The van der Waals surface area contributed by atoms with Crippen LogP contribution in [-0.2, 0) is 6.54 Å². The normalized spacial score (nSPS) is 10.5. The summed E-state index contributed by atoms with van der Waals surface area (Å²) in [5.41, 5.74) is -0.450. The Hall–Kier alpha value is -3.43. The highest BCUT2D eigenvalue weighted by molar-refractivity contribution is 6.31. The van der Waals surface area contributed by atoms with E-state index in [4.69, 9.17) is 11.6 Å². The van der Waals surface area contributed by atoms with Crippen LogP contribution in [-0.4, -0.2) is 15.5 Å². The Morgan fingerprint density at radius 1 is 1.21 bits per heavy atom. The maximum atomic E-state index is 13.2. The topological polar surface area (TPSA) is 83.1 Å². The fourth-order valence-corrected chi connectivity index (χ4v) is 3.11. The van der Waals surface area contributed by atoms with Gasteiger partial charge in [0.05, 0.1) is 12.1 Å². The predicted molar refractivity (Wildman–Crippen MR) is 102 cm³/mol. The molecule has 5 nitrogen and oxygen atoms in total. The van der Waals surface area contributed by atoms with Gasteiger partial charge in [-0.2, -0.15) is 5.26 Å². The van der Waals surface area contributed by atoms with E-state index in [0.29, 0.717) is 10.6 Å². The molecule has 0 aliphatic rings. The van der Waals surface area contributed by atoms with Gasteiger partial charge >= 0.3 is 0 Å². The second-order valence-electron chi connectivity index (χ2n) is 6.13. The molecular weight excluding hydrogens is 383 g/mol. The van der Waals surface area contributed by atoms with Crippen molar-refractivity contribution in [3.8, 4) is 11.9 Å². The minimum atomic E-state index is -0.729. The van der Waals surface area contributed by atoms with E-state index in [2.05, 4.69) is 0 Å². The van der Waals surface area contributed by atoms with Crippen molar-refractivity contribution in [1.82, 2.24) is 4.57 Å². The number of nitriles is 1. The molecule has 140 valence electrons. The highest BCUT2D eigenvalue weighted by Gasteiger charge is 2.25. The summed E-state index contributed by atoms with van der Waals surface area (Å²) in [5.74, 6) is -1.71. The van der Waals surface area contributed by atoms with Crippen molar-refractivity contribution in [2.45, 2.75) is 13.5 Å². The Bertz CT molecular complexity index is 1180. The van der Waals surface area contributed by atoms with E-state index in [1.807, 2.05) is 0 Å². The number of pyridine rings is 1. The molecule has 7 heteroatoms. The van der Waals surface area contributed by atoms with Crippen molar-refractivity contribution in [2.24, 2.45) is 0 Å². The van der Waals surface area contributed by atoms with Gasteiger partial charge < -0.3 is 5.11 Å². The third-order valence-corrected chi connectivity index (χ3v) is 4.79. The molecule has 1 heterocycles. The zero-order valence-corrected chi connectivity index (χ0v) is 15.5. The average Bonchev–Trinajstić information content (AvgIpc) is 2.67. The number of nitrogens with zero attached hydrogens (tertiary/aromatic N) is 2. The molecule has 0 spiro atoms. The van der Waals surface area contributed by atoms with Crippen molar-refractivity contribution in [1.29, 1.82) is 5.26 Å². The summed E-state index contributed by atoms with van der Waals surface area (Å²) < 4.78 is 14.1. The third-order valence-electron chi connectivity index (χ3n) is 4.42. The summed E-state index contributed by atoms with van der Waals surface area (Å²) in [6, 6.07) is 13.3. The van der Waals surface area contributed by atoms with Gasteiger partial charge in [-0.1, -0.05) is 29.8 Å². The molecule has 0 radical (unpaired) electrons. The number of hydrogen-bond acceptors (Lipinski definition) is 4. The second kappa shape index (κ2) is 7.67. The standard InChI is InChI=1S/C21H14ClFN2O3/c1-12-16(10-24)20(27)25(11-14-4-2-3-5-17(14)22)21(28)18(12)19(26)13-6-8-15(23)9-7-13/h2-9,28H,11H2,1H3. The first kappa shape index (κ1) is 19.3. The number of hydrogen-bond donors (Lipinski definition) is 1. The molecule has 0 saturated carbocycles. The summed E-state index contributed by atoms with van der Waals surface area (Å²) in [6.45, 7) is 1.29. The van der Waals surface area contributed by atoms with Gasteiger partial charge in [0.25, 0.3) is 5.56 Å². The maximum absolute atomic E-state index is 13.2. The monoisotopic (exact) mass is 396 g/mol. The van der Waals surface area contributed by atoms with Crippen molar-refractivity contribution in [2.75, 3.05) is 0 Å². The van der Waals surface area contributed by atoms with Crippen LogP contribution in [0.3, 0.4) is 0 Å². The molecule has 0 atom stereocenters. The quantitative estimate of drug-likeness (QED) is 0.680. The zero-order chi connectivity index (χ0) is 20.4. The predicted octanol–water partition coefficient (Wildman–Crippen LogP) is 3.81. The van der Waals surface area contributed by atoms with E-state index in [9.17, 15) is 24.3 Å². The van der Waals surface area contributed by atoms with Gasteiger partial charge in [0, 0.05) is 10.6 Å². The van der Waals surface area contributed by atoms with Gasteiger partial charge in [0.15, 0.2) is 5.78 Å². The fourth-order valence-electron chi connectivity index (χ4n) is 2.91. The van der Waals surface area contributed by atoms with E-state index < -0.39 is 23.0 Å². The first-order valence-electron chi connectivity index (χ1n) is 8.25. The number of halogens is 2. The Kier molecular flexibility index (Phi) is 5.30. The number of aromatic nitrogens is 1. The molecule has 1 aromatic heterocycles. The summed E-state index contributed by atoms with van der Waals surface area (Å²) in [4.78, 5) is 25.6. The van der Waals surface area contributed by atoms with Crippen LogP contribution >= 0.6 is 11.6 Å². The summed E-state index contributed by atoms with van der Waals surface area (Å²) >= 11 is 6.13. The van der Waals surface area contributed by atoms with E-state index in [1.54, 1.807) is 30.3 Å². The number of aromatic hydroxyl groups is 1. The maximum Gasteiger partial charge on any atom is 0.271 e. The molecule has 0 unspecified atom stereocenters. The van der Waals surface area contributed by atoms with Crippen molar-refractivity contribution >= 4 is 17.4 Å². The van der Waals surface area contributed by atoms with Crippen LogP contribution < -0.4 is 5.56 Å². The van der Waals surface area contributed by atoms with Crippen LogP contribution in [0.25, 0.3) is 0 Å². The minimum absolute atomic E-state index is 0.0646. The van der Waals surface area contributed by atoms with Gasteiger partial charge in [-0.15, -0.1) is 0 Å². The summed E-state index contributed by atoms with van der Waals surface area (Å²) in [5, 5.41) is 20.5. The summed E-state index contributed by atoms with van der Waals surface area (Å²) in [6.07, 6.45) is 0.